The molecule has 0 aliphatic heterocycles. The van der Waals surface area contributed by atoms with Crippen molar-refractivity contribution in [3.05, 3.63) is 65.7 Å². The molecule has 0 aromatic heterocycles. The summed E-state index contributed by atoms with van der Waals surface area (Å²) in [6.07, 6.45) is 0.756. The van der Waals surface area contributed by atoms with Crippen molar-refractivity contribution in [2.24, 2.45) is 0 Å². The number of hydrogen-bond donors (Lipinski definition) is 1. The second-order valence-corrected chi connectivity index (χ2v) is 5.80. The number of ether oxygens (including phenoxy) is 2. The fourth-order valence-corrected chi connectivity index (χ4v) is 2.65. The Bertz CT molecular complexity index is 651. The molecule has 4 nitrogen and oxygen atoms in total. The van der Waals surface area contributed by atoms with E-state index in [4.69, 9.17) is 9.47 Å². The number of amides is 1. The van der Waals surface area contributed by atoms with Gasteiger partial charge in [-0.1, -0.05) is 49.4 Å². The van der Waals surface area contributed by atoms with E-state index in [2.05, 4.69) is 5.32 Å². The van der Waals surface area contributed by atoms with E-state index in [9.17, 15) is 4.79 Å². The zero-order chi connectivity index (χ0) is 17.4. The second-order valence-electron chi connectivity index (χ2n) is 5.80. The van der Waals surface area contributed by atoms with Crippen LogP contribution in [0.1, 0.15) is 24.5 Å². The largest absolute Gasteiger partial charge is 0.484 e. The molecule has 0 fully saturated rings. The van der Waals surface area contributed by atoms with Gasteiger partial charge in [0, 0.05) is 7.11 Å². The lowest BCUT2D eigenvalue weighted by molar-refractivity contribution is -0.125. The average molecular weight is 327 g/mol. The fourth-order valence-electron chi connectivity index (χ4n) is 2.65. The van der Waals surface area contributed by atoms with Crippen LogP contribution in [-0.2, 0) is 15.1 Å². The van der Waals surface area contributed by atoms with E-state index in [0.717, 1.165) is 17.5 Å². The summed E-state index contributed by atoms with van der Waals surface area (Å²) in [5.41, 5.74) is 1.62. The number of hydrogen-bond acceptors (Lipinski definition) is 3. The van der Waals surface area contributed by atoms with Gasteiger partial charge in [-0.15, -0.1) is 0 Å². The molecule has 24 heavy (non-hydrogen) atoms. The minimum atomic E-state index is -0.528. The smallest absolute Gasteiger partial charge is 0.258 e. The van der Waals surface area contributed by atoms with Crippen LogP contribution in [0.15, 0.2) is 54.6 Å². The van der Waals surface area contributed by atoms with Gasteiger partial charge in [-0.25, -0.2) is 0 Å². The summed E-state index contributed by atoms with van der Waals surface area (Å²) >= 11 is 0. The third kappa shape index (κ3) is 4.59. The quantitative estimate of drug-likeness (QED) is 0.808. The predicted molar refractivity (Wildman–Crippen MR) is 95.1 cm³/mol. The monoisotopic (exact) mass is 327 g/mol. The molecule has 0 saturated heterocycles. The predicted octanol–water partition coefficient (Wildman–Crippen LogP) is 3.44. The van der Waals surface area contributed by atoms with E-state index < -0.39 is 5.60 Å². The van der Waals surface area contributed by atoms with Crippen molar-refractivity contribution in [1.29, 1.82) is 0 Å². The Labute approximate surface area is 143 Å². The summed E-state index contributed by atoms with van der Waals surface area (Å²) in [7, 11) is 1.67. The third-order valence-corrected chi connectivity index (χ3v) is 4.19. The van der Waals surface area contributed by atoms with Gasteiger partial charge in [0.15, 0.2) is 6.61 Å². The molecule has 0 saturated carbocycles. The molecule has 0 bridgehead atoms. The van der Waals surface area contributed by atoms with Crippen molar-refractivity contribution in [2.75, 3.05) is 20.3 Å². The van der Waals surface area contributed by atoms with Crippen LogP contribution in [0.2, 0.25) is 0 Å². The highest BCUT2D eigenvalue weighted by molar-refractivity contribution is 5.77. The highest BCUT2D eigenvalue weighted by atomic mass is 16.5. The zero-order valence-electron chi connectivity index (χ0n) is 14.5. The first-order chi connectivity index (χ1) is 11.6. The van der Waals surface area contributed by atoms with Crippen LogP contribution in [0.4, 0.5) is 0 Å². The Morgan fingerprint density at radius 2 is 1.88 bits per heavy atom. The molecule has 0 spiro atoms. The standard InChI is InChI=1S/C20H25NO3/c1-4-20(23-3,17-10-6-5-7-11-17)15-21-19(22)14-24-18-12-8-9-16(2)13-18/h5-13H,4,14-15H2,1-3H3,(H,21,22). The van der Waals surface area contributed by atoms with Crippen molar-refractivity contribution in [3.63, 3.8) is 0 Å². The van der Waals surface area contributed by atoms with Gasteiger partial charge in [0.2, 0.25) is 0 Å². The minimum Gasteiger partial charge on any atom is -0.484 e. The summed E-state index contributed by atoms with van der Waals surface area (Å²) in [6.45, 7) is 4.43. The Morgan fingerprint density at radius 1 is 1.12 bits per heavy atom. The maximum Gasteiger partial charge on any atom is 0.258 e. The molecule has 0 aliphatic rings. The lowest BCUT2D eigenvalue weighted by Crippen LogP contribution is -2.43. The second kappa shape index (κ2) is 8.50. The molecule has 1 amide bonds. The topological polar surface area (TPSA) is 47.6 Å². The van der Waals surface area contributed by atoms with E-state index in [1.807, 2.05) is 68.4 Å². The molecule has 0 aliphatic carbocycles. The Morgan fingerprint density at radius 3 is 2.50 bits per heavy atom. The Hall–Kier alpha value is -2.33. The van der Waals surface area contributed by atoms with Crippen LogP contribution >= 0.6 is 0 Å². The first-order valence-electron chi connectivity index (χ1n) is 8.16. The number of nitrogens with one attached hydrogen (secondary N) is 1. The molecule has 2 rings (SSSR count). The Balaban J connectivity index is 1.93. The number of carbonyl (C=O) groups excluding carboxylic acids is 1. The molecule has 1 unspecified atom stereocenters. The molecule has 0 heterocycles. The van der Waals surface area contributed by atoms with Gasteiger partial charge >= 0.3 is 0 Å². The SMILES string of the molecule is CCC(CNC(=O)COc1cccc(C)c1)(OC)c1ccccc1. The van der Waals surface area contributed by atoms with Crippen LogP contribution < -0.4 is 10.1 Å². The minimum absolute atomic E-state index is 0.0122. The average Bonchev–Trinajstić information content (AvgIpc) is 2.62. The number of rotatable bonds is 8. The lowest BCUT2D eigenvalue weighted by atomic mass is 9.90. The van der Waals surface area contributed by atoms with Crippen LogP contribution in [0, 0.1) is 6.92 Å². The van der Waals surface area contributed by atoms with Crippen molar-refractivity contribution in [2.45, 2.75) is 25.9 Å². The van der Waals surface area contributed by atoms with Crippen molar-refractivity contribution in [3.8, 4) is 5.75 Å². The number of benzene rings is 2. The normalized spacial score (nSPS) is 13.1. The van der Waals surface area contributed by atoms with E-state index in [1.54, 1.807) is 7.11 Å². The van der Waals surface area contributed by atoms with Gasteiger partial charge in [0.1, 0.15) is 11.4 Å². The van der Waals surface area contributed by atoms with Gasteiger partial charge in [-0.3, -0.25) is 4.79 Å². The van der Waals surface area contributed by atoms with Crippen LogP contribution in [-0.4, -0.2) is 26.2 Å². The molecule has 2 aromatic carbocycles. The van der Waals surface area contributed by atoms with E-state index in [-0.39, 0.29) is 12.5 Å². The first kappa shape index (κ1) is 18.0. The maximum atomic E-state index is 12.1. The Kier molecular flexibility index (Phi) is 6.38. The van der Waals surface area contributed by atoms with E-state index in [1.165, 1.54) is 0 Å². The number of aryl methyl sites for hydroxylation is 1. The van der Waals surface area contributed by atoms with Gasteiger partial charge in [-0.05, 0) is 36.6 Å². The number of carbonyl (C=O) groups is 1. The summed E-state index contributed by atoms with van der Waals surface area (Å²) in [5, 5.41) is 2.92. The maximum absolute atomic E-state index is 12.1. The van der Waals surface area contributed by atoms with Crippen LogP contribution in [0.3, 0.4) is 0 Å². The molecular formula is C20H25NO3. The van der Waals surface area contributed by atoms with Gasteiger partial charge in [0.05, 0.1) is 6.54 Å². The van der Waals surface area contributed by atoms with Crippen molar-refractivity contribution < 1.29 is 14.3 Å². The first-order valence-corrected chi connectivity index (χ1v) is 8.16. The third-order valence-electron chi connectivity index (χ3n) is 4.19. The van der Waals surface area contributed by atoms with Crippen LogP contribution in [0.5, 0.6) is 5.75 Å². The van der Waals surface area contributed by atoms with E-state index >= 15 is 0 Å². The van der Waals surface area contributed by atoms with E-state index in [0.29, 0.717) is 12.3 Å². The lowest BCUT2D eigenvalue weighted by Gasteiger charge is -2.32. The van der Waals surface area contributed by atoms with Gasteiger partial charge in [0.25, 0.3) is 5.91 Å². The van der Waals surface area contributed by atoms with Crippen LogP contribution in [0.25, 0.3) is 0 Å². The molecule has 4 heteroatoms. The van der Waals surface area contributed by atoms with Crippen molar-refractivity contribution in [1.82, 2.24) is 5.32 Å². The summed E-state index contributed by atoms with van der Waals surface area (Å²) < 4.78 is 11.3. The molecular weight excluding hydrogens is 302 g/mol. The summed E-state index contributed by atoms with van der Waals surface area (Å²) in [6, 6.07) is 17.6. The highest BCUT2D eigenvalue weighted by Crippen LogP contribution is 2.28. The molecule has 0 radical (unpaired) electrons. The van der Waals surface area contributed by atoms with Gasteiger partial charge in [-0.2, -0.15) is 0 Å². The molecule has 1 N–H and O–H groups in total. The number of methoxy groups -OCH3 is 1. The summed E-state index contributed by atoms with van der Waals surface area (Å²) in [4.78, 5) is 12.1. The molecule has 1 atom stereocenters. The van der Waals surface area contributed by atoms with Crippen molar-refractivity contribution >= 4 is 5.91 Å². The fraction of sp³-hybridized carbons (Fsp3) is 0.350. The highest BCUT2D eigenvalue weighted by Gasteiger charge is 2.30. The van der Waals surface area contributed by atoms with Gasteiger partial charge < -0.3 is 14.8 Å². The zero-order valence-corrected chi connectivity index (χ0v) is 14.5. The molecule has 128 valence electrons. The molecule has 2 aromatic rings. The summed E-state index contributed by atoms with van der Waals surface area (Å²) in [5.74, 6) is 0.531.